The van der Waals surface area contributed by atoms with Gasteiger partial charge in [-0.3, -0.25) is 4.99 Å². The maximum atomic E-state index is 10.6. The third-order valence-electron chi connectivity index (χ3n) is 2.47. The van der Waals surface area contributed by atoms with Gasteiger partial charge in [-0.15, -0.1) is 0 Å². The van der Waals surface area contributed by atoms with E-state index in [0.29, 0.717) is 29.4 Å². The lowest BCUT2D eigenvalue weighted by Crippen LogP contribution is -2.21. The van der Waals surface area contributed by atoms with Gasteiger partial charge in [-0.1, -0.05) is 6.07 Å². The first-order valence-electron chi connectivity index (χ1n) is 5.52. The van der Waals surface area contributed by atoms with Gasteiger partial charge in [0.15, 0.2) is 18.1 Å². The van der Waals surface area contributed by atoms with E-state index in [0.717, 1.165) is 6.54 Å². The number of methoxy groups -OCH3 is 1. The maximum absolute atomic E-state index is 10.6. The number of carboxylic acid groups (broad SMARTS) is 1. The fourth-order valence-electron chi connectivity index (χ4n) is 1.72. The SMILES string of the molecule is COc1cccc(C2=NCCN2)c1OCC(=O)O. The summed E-state index contributed by atoms with van der Waals surface area (Å²) in [6.45, 7) is 1.05. The van der Waals surface area contributed by atoms with Crippen molar-refractivity contribution in [3.05, 3.63) is 23.8 Å². The smallest absolute Gasteiger partial charge is 0.341 e. The summed E-state index contributed by atoms with van der Waals surface area (Å²) in [5, 5.41) is 11.8. The molecule has 2 N–H and O–H groups in total. The average molecular weight is 250 g/mol. The number of carboxylic acids is 1. The third-order valence-corrected chi connectivity index (χ3v) is 2.47. The Hall–Kier alpha value is -2.24. The Morgan fingerprint density at radius 1 is 1.56 bits per heavy atom. The van der Waals surface area contributed by atoms with Crippen LogP contribution in [-0.2, 0) is 4.79 Å². The highest BCUT2D eigenvalue weighted by atomic mass is 16.5. The molecule has 1 aromatic carbocycles. The fraction of sp³-hybridized carbons (Fsp3) is 0.333. The van der Waals surface area contributed by atoms with E-state index in [9.17, 15) is 4.79 Å². The molecule has 0 unspecified atom stereocenters. The molecule has 0 saturated carbocycles. The number of hydrogen-bond acceptors (Lipinski definition) is 5. The van der Waals surface area contributed by atoms with Gasteiger partial charge < -0.3 is 19.9 Å². The van der Waals surface area contributed by atoms with Crippen LogP contribution < -0.4 is 14.8 Å². The van der Waals surface area contributed by atoms with E-state index in [-0.39, 0.29) is 0 Å². The Morgan fingerprint density at radius 2 is 2.39 bits per heavy atom. The molecule has 1 heterocycles. The zero-order chi connectivity index (χ0) is 13.0. The van der Waals surface area contributed by atoms with Crippen LogP contribution in [0.4, 0.5) is 0 Å². The first-order valence-corrected chi connectivity index (χ1v) is 5.52. The van der Waals surface area contributed by atoms with Gasteiger partial charge >= 0.3 is 5.97 Å². The lowest BCUT2D eigenvalue weighted by Gasteiger charge is -2.14. The second-order valence-corrected chi connectivity index (χ2v) is 3.68. The summed E-state index contributed by atoms with van der Waals surface area (Å²) in [4.78, 5) is 14.9. The first-order chi connectivity index (χ1) is 8.72. The number of amidine groups is 1. The largest absolute Gasteiger partial charge is 0.493 e. The number of rotatable bonds is 5. The predicted molar refractivity (Wildman–Crippen MR) is 65.5 cm³/mol. The van der Waals surface area contributed by atoms with Crippen LogP contribution >= 0.6 is 0 Å². The summed E-state index contributed by atoms with van der Waals surface area (Å²) in [5.41, 5.74) is 0.716. The molecule has 2 rings (SSSR count). The Balaban J connectivity index is 2.34. The molecule has 96 valence electrons. The van der Waals surface area contributed by atoms with Crippen molar-refractivity contribution in [1.82, 2.24) is 5.32 Å². The summed E-state index contributed by atoms with van der Waals surface area (Å²) < 4.78 is 10.5. The van der Waals surface area contributed by atoms with Gasteiger partial charge in [0, 0.05) is 6.54 Å². The van der Waals surface area contributed by atoms with E-state index in [1.807, 2.05) is 12.1 Å². The average Bonchev–Trinajstić information content (AvgIpc) is 2.89. The molecule has 1 aliphatic rings. The Kier molecular flexibility index (Phi) is 3.66. The maximum Gasteiger partial charge on any atom is 0.341 e. The highest BCUT2D eigenvalue weighted by molar-refractivity contribution is 6.02. The lowest BCUT2D eigenvalue weighted by atomic mass is 10.1. The number of para-hydroxylation sites is 1. The minimum Gasteiger partial charge on any atom is -0.493 e. The van der Waals surface area contributed by atoms with Gasteiger partial charge in [-0.25, -0.2) is 4.79 Å². The van der Waals surface area contributed by atoms with Crippen LogP contribution in [-0.4, -0.2) is 43.7 Å². The fourth-order valence-corrected chi connectivity index (χ4v) is 1.72. The van der Waals surface area contributed by atoms with Crippen molar-refractivity contribution in [2.45, 2.75) is 0 Å². The molecular weight excluding hydrogens is 236 g/mol. The van der Waals surface area contributed by atoms with Crippen LogP contribution in [0, 0.1) is 0 Å². The van der Waals surface area contributed by atoms with Gasteiger partial charge in [0.05, 0.1) is 19.2 Å². The molecule has 1 aromatic rings. The van der Waals surface area contributed by atoms with Gasteiger partial charge in [0.25, 0.3) is 0 Å². The second kappa shape index (κ2) is 5.39. The van der Waals surface area contributed by atoms with Gasteiger partial charge in [0.1, 0.15) is 5.84 Å². The van der Waals surface area contributed by atoms with Crippen LogP contribution in [0.3, 0.4) is 0 Å². The normalized spacial score (nSPS) is 13.7. The van der Waals surface area contributed by atoms with Crippen LogP contribution in [0.25, 0.3) is 0 Å². The molecule has 1 aliphatic heterocycles. The molecular formula is C12H14N2O4. The minimum absolute atomic E-state index is 0.399. The lowest BCUT2D eigenvalue weighted by molar-refractivity contribution is -0.139. The molecule has 18 heavy (non-hydrogen) atoms. The molecule has 0 radical (unpaired) electrons. The minimum atomic E-state index is -1.03. The van der Waals surface area contributed by atoms with Crippen LogP contribution in [0.15, 0.2) is 23.2 Å². The number of benzene rings is 1. The summed E-state index contributed by atoms with van der Waals surface area (Å²) in [7, 11) is 1.51. The molecule has 6 nitrogen and oxygen atoms in total. The molecule has 0 aliphatic carbocycles. The summed E-state index contributed by atoms with van der Waals surface area (Å²) in [6, 6.07) is 5.34. The number of carbonyl (C=O) groups is 1. The molecule has 0 spiro atoms. The molecule has 0 amide bonds. The predicted octanol–water partition coefficient (Wildman–Crippen LogP) is 0.508. The molecule has 6 heteroatoms. The molecule has 0 saturated heterocycles. The van der Waals surface area contributed by atoms with Crippen LogP contribution in [0.2, 0.25) is 0 Å². The van der Waals surface area contributed by atoms with E-state index in [2.05, 4.69) is 10.3 Å². The highest BCUT2D eigenvalue weighted by Crippen LogP contribution is 2.31. The van der Waals surface area contributed by atoms with Crippen molar-refractivity contribution in [2.24, 2.45) is 4.99 Å². The quantitative estimate of drug-likeness (QED) is 0.795. The topological polar surface area (TPSA) is 80.1 Å². The van der Waals surface area contributed by atoms with Crippen molar-refractivity contribution in [2.75, 3.05) is 26.8 Å². The van der Waals surface area contributed by atoms with Gasteiger partial charge in [0.2, 0.25) is 0 Å². The van der Waals surface area contributed by atoms with Crippen molar-refractivity contribution in [1.29, 1.82) is 0 Å². The number of aliphatic imine (C=N–C) groups is 1. The number of hydrogen-bond donors (Lipinski definition) is 2. The van der Waals surface area contributed by atoms with E-state index in [1.165, 1.54) is 7.11 Å². The summed E-state index contributed by atoms with van der Waals surface area (Å²) >= 11 is 0. The van der Waals surface area contributed by atoms with E-state index in [1.54, 1.807) is 6.07 Å². The van der Waals surface area contributed by atoms with Crippen molar-refractivity contribution in [3.8, 4) is 11.5 Å². The molecule has 0 aromatic heterocycles. The van der Waals surface area contributed by atoms with Gasteiger partial charge in [-0.05, 0) is 12.1 Å². The third kappa shape index (κ3) is 2.53. The monoisotopic (exact) mass is 250 g/mol. The summed E-state index contributed by atoms with van der Waals surface area (Å²) in [6.07, 6.45) is 0. The van der Waals surface area contributed by atoms with Crippen molar-refractivity contribution >= 4 is 11.8 Å². The van der Waals surface area contributed by atoms with E-state index in [4.69, 9.17) is 14.6 Å². The van der Waals surface area contributed by atoms with Crippen LogP contribution in [0.1, 0.15) is 5.56 Å². The standard InChI is InChI=1S/C12H14N2O4/c1-17-9-4-2-3-8(12-13-5-6-14-12)11(9)18-7-10(15)16/h2-4H,5-7H2,1H3,(H,13,14)(H,15,16). The molecule has 0 fully saturated rings. The van der Waals surface area contributed by atoms with E-state index >= 15 is 0 Å². The van der Waals surface area contributed by atoms with Crippen molar-refractivity contribution in [3.63, 3.8) is 0 Å². The molecule has 0 bridgehead atoms. The zero-order valence-electron chi connectivity index (χ0n) is 9.97. The second-order valence-electron chi connectivity index (χ2n) is 3.68. The Labute approximate surface area is 104 Å². The number of ether oxygens (including phenoxy) is 2. The highest BCUT2D eigenvalue weighted by Gasteiger charge is 2.18. The Morgan fingerprint density at radius 3 is 3.00 bits per heavy atom. The van der Waals surface area contributed by atoms with Crippen LogP contribution in [0.5, 0.6) is 11.5 Å². The number of nitrogens with one attached hydrogen (secondary N) is 1. The van der Waals surface area contributed by atoms with Gasteiger partial charge in [-0.2, -0.15) is 0 Å². The first kappa shape index (κ1) is 12.2. The Bertz CT molecular complexity index is 485. The molecule has 0 atom stereocenters. The van der Waals surface area contributed by atoms with Crippen molar-refractivity contribution < 1.29 is 19.4 Å². The van der Waals surface area contributed by atoms with E-state index < -0.39 is 12.6 Å². The zero-order valence-corrected chi connectivity index (χ0v) is 9.97. The number of nitrogens with zero attached hydrogens (tertiary/aromatic N) is 1. The number of aliphatic carboxylic acids is 1. The summed E-state index contributed by atoms with van der Waals surface area (Å²) in [5.74, 6) is 0.558.